The highest BCUT2D eigenvalue weighted by Crippen LogP contribution is 2.24. The Balaban J connectivity index is 2.21. The predicted octanol–water partition coefficient (Wildman–Crippen LogP) is 3.10. The molecule has 3 rings (SSSR count). The normalized spacial score (nSPS) is 11.0. The minimum absolute atomic E-state index is 0.244. The maximum atomic E-state index is 12.4. The van der Waals surface area contributed by atoms with Crippen molar-refractivity contribution in [3.63, 3.8) is 0 Å². The van der Waals surface area contributed by atoms with E-state index in [4.69, 9.17) is 16.7 Å². The molecule has 0 atom stereocenters. The molecule has 0 aliphatic carbocycles. The van der Waals surface area contributed by atoms with Crippen molar-refractivity contribution < 1.29 is 4.52 Å². The van der Waals surface area contributed by atoms with E-state index in [-0.39, 0.29) is 5.56 Å². The number of nitrogens with zero attached hydrogens (tertiary/aromatic N) is 3. The standard InChI is InChI=1S/C13H11BrN4O2S/c1-17-11(19)9-10(15-8-5-3-4-7(14)6-8)16-20-12(9)18(2)13(17)21/h3-6H,1-2H3,(H,15,16). The molecule has 0 fully saturated rings. The predicted molar refractivity (Wildman–Crippen MR) is 86.5 cm³/mol. The van der Waals surface area contributed by atoms with Crippen molar-refractivity contribution in [3.05, 3.63) is 43.9 Å². The number of fused-ring (bicyclic) bond motifs is 1. The average Bonchev–Trinajstić information content (AvgIpc) is 2.87. The Bertz CT molecular complexity index is 957. The van der Waals surface area contributed by atoms with Gasteiger partial charge in [-0.15, -0.1) is 0 Å². The first-order valence-corrected chi connectivity index (χ1v) is 7.27. The van der Waals surface area contributed by atoms with E-state index in [1.165, 1.54) is 4.57 Å². The quantitative estimate of drug-likeness (QED) is 0.706. The number of benzene rings is 1. The van der Waals surface area contributed by atoms with Crippen LogP contribution in [0.5, 0.6) is 0 Å². The fourth-order valence-electron chi connectivity index (χ4n) is 2.06. The Labute approximate surface area is 133 Å². The summed E-state index contributed by atoms with van der Waals surface area (Å²) in [6.45, 7) is 0. The van der Waals surface area contributed by atoms with Gasteiger partial charge < -0.3 is 9.84 Å². The van der Waals surface area contributed by atoms with Crippen LogP contribution < -0.4 is 10.9 Å². The molecule has 8 heteroatoms. The highest BCUT2D eigenvalue weighted by Gasteiger charge is 2.17. The molecule has 2 heterocycles. The van der Waals surface area contributed by atoms with E-state index in [1.54, 1.807) is 18.7 Å². The van der Waals surface area contributed by atoms with E-state index < -0.39 is 0 Å². The van der Waals surface area contributed by atoms with Crippen LogP contribution in [0.15, 0.2) is 38.1 Å². The number of halogens is 1. The third kappa shape index (κ3) is 2.30. The first-order chi connectivity index (χ1) is 9.99. The van der Waals surface area contributed by atoms with Crippen molar-refractivity contribution in [2.75, 3.05) is 5.32 Å². The second-order valence-electron chi connectivity index (χ2n) is 4.55. The molecule has 3 aromatic rings. The first-order valence-electron chi connectivity index (χ1n) is 6.07. The maximum absolute atomic E-state index is 12.4. The zero-order chi connectivity index (χ0) is 15.1. The number of aromatic nitrogens is 3. The Morgan fingerprint density at radius 3 is 2.81 bits per heavy atom. The fraction of sp³-hybridized carbons (Fsp3) is 0.154. The lowest BCUT2D eigenvalue weighted by molar-refractivity contribution is 0.438. The van der Waals surface area contributed by atoms with Crippen molar-refractivity contribution >= 4 is 50.8 Å². The molecule has 1 N–H and O–H groups in total. The Kier molecular flexibility index (Phi) is 3.42. The van der Waals surface area contributed by atoms with E-state index in [0.29, 0.717) is 21.7 Å². The zero-order valence-corrected chi connectivity index (χ0v) is 13.7. The van der Waals surface area contributed by atoms with Gasteiger partial charge in [0.25, 0.3) is 5.56 Å². The molecule has 0 saturated carbocycles. The van der Waals surface area contributed by atoms with Gasteiger partial charge in [0.15, 0.2) is 10.6 Å². The number of aryl methyl sites for hydroxylation is 1. The molecule has 1 aromatic carbocycles. The van der Waals surface area contributed by atoms with Crippen LogP contribution in [0.4, 0.5) is 11.5 Å². The van der Waals surface area contributed by atoms with E-state index in [9.17, 15) is 4.79 Å². The first kappa shape index (κ1) is 14.0. The summed E-state index contributed by atoms with van der Waals surface area (Å²) in [5.41, 5.74) is 0.902. The number of rotatable bonds is 2. The zero-order valence-electron chi connectivity index (χ0n) is 11.3. The van der Waals surface area contributed by atoms with Crippen molar-refractivity contribution in [2.45, 2.75) is 0 Å². The minimum Gasteiger partial charge on any atom is -0.337 e. The third-order valence-corrected chi connectivity index (χ3v) is 4.20. The molecule has 108 valence electrons. The summed E-state index contributed by atoms with van der Waals surface area (Å²) in [6.07, 6.45) is 0. The maximum Gasteiger partial charge on any atom is 0.269 e. The van der Waals surface area contributed by atoms with Crippen molar-refractivity contribution in [3.8, 4) is 0 Å². The van der Waals surface area contributed by atoms with Crippen molar-refractivity contribution in [2.24, 2.45) is 14.1 Å². The summed E-state index contributed by atoms with van der Waals surface area (Å²) in [7, 11) is 3.36. The topological polar surface area (TPSA) is 65.0 Å². The Morgan fingerprint density at radius 1 is 1.33 bits per heavy atom. The molecule has 0 saturated heterocycles. The van der Waals surface area contributed by atoms with Gasteiger partial charge in [-0.1, -0.05) is 27.2 Å². The fourth-order valence-corrected chi connectivity index (χ4v) is 2.62. The molecular formula is C13H11BrN4O2S. The SMILES string of the molecule is Cn1c(=O)c2c(Nc3cccc(Br)c3)noc2n(C)c1=S. The van der Waals surface area contributed by atoms with Crippen LogP contribution in [0.3, 0.4) is 0 Å². The van der Waals surface area contributed by atoms with Crippen LogP contribution in [-0.2, 0) is 14.1 Å². The van der Waals surface area contributed by atoms with Gasteiger partial charge >= 0.3 is 0 Å². The number of hydrogen-bond donors (Lipinski definition) is 1. The van der Waals surface area contributed by atoms with Crippen LogP contribution in [0.2, 0.25) is 0 Å². The van der Waals surface area contributed by atoms with Gasteiger partial charge in [0, 0.05) is 24.3 Å². The molecule has 0 amide bonds. The van der Waals surface area contributed by atoms with E-state index in [1.807, 2.05) is 24.3 Å². The van der Waals surface area contributed by atoms with Crippen LogP contribution in [0, 0.1) is 4.77 Å². The van der Waals surface area contributed by atoms with Gasteiger partial charge in [-0.05, 0) is 30.4 Å². The van der Waals surface area contributed by atoms with Gasteiger partial charge in [-0.25, -0.2) is 0 Å². The van der Waals surface area contributed by atoms with Crippen molar-refractivity contribution in [1.82, 2.24) is 14.3 Å². The van der Waals surface area contributed by atoms with Gasteiger partial charge in [-0.2, -0.15) is 0 Å². The lowest BCUT2D eigenvalue weighted by Gasteiger charge is -2.05. The van der Waals surface area contributed by atoms with Gasteiger partial charge in [0.1, 0.15) is 5.39 Å². The molecule has 0 radical (unpaired) electrons. The van der Waals surface area contributed by atoms with Crippen LogP contribution in [0.1, 0.15) is 0 Å². The van der Waals surface area contributed by atoms with Crippen LogP contribution in [0.25, 0.3) is 11.1 Å². The third-order valence-electron chi connectivity index (χ3n) is 3.16. The van der Waals surface area contributed by atoms with Crippen molar-refractivity contribution in [1.29, 1.82) is 0 Å². The van der Waals surface area contributed by atoms with E-state index in [0.717, 1.165) is 10.2 Å². The molecule has 0 aliphatic rings. The molecular weight excluding hydrogens is 356 g/mol. The average molecular weight is 367 g/mol. The van der Waals surface area contributed by atoms with Crippen LogP contribution in [-0.4, -0.2) is 14.3 Å². The van der Waals surface area contributed by atoms with Crippen LogP contribution >= 0.6 is 28.1 Å². The second kappa shape index (κ2) is 5.12. The Hall–Kier alpha value is -1.93. The Morgan fingerprint density at radius 2 is 2.10 bits per heavy atom. The summed E-state index contributed by atoms with van der Waals surface area (Å²) < 4.78 is 9.56. The molecule has 0 spiro atoms. The van der Waals surface area contributed by atoms with Gasteiger partial charge in [0.05, 0.1) is 0 Å². The monoisotopic (exact) mass is 366 g/mol. The lowest BCUT2D eigenvalue weighted by Crippen LogP contribution is -2.21. The number of anilines is 2. The summed E-state index contributed by atoms with van der Waals surface area (Å²) >= 11 is 8.57. The number of nitrogens with one attached hydrogen (secondary N) is 1. The van der Waals surface area contributed by atoms with E-state index in [2.05, 4.69) is 26.4 Å². The summed E-state index contributed by atoms with van der Waals surface area (Å²) in [5.74, 6) is 0.370. The minimum atomic E-state index is -0.244. The second-order valence-corrected chi connectivity index (χ2v) is 5.83. The summed E-state index contributed by atoms with van der Waals surface area (Å²) in [6, 6.07) is 7.55. The molecule has 0 bridgehead atoms. The number of hydrogen-bond acceptors (Lipinski definition) is 5. The molecule has 21 heavy (non-hydrogen) atoms. The largest absolute Gasteiger partial charge is 0.337 e. The lowest BCUT2D eigenvalue weighted by atomic mass is 10.3. The summed E-state index contributed by atoms with van der Waals surface area (Å²) in [4.78, 5) is 12.4. The summed E-state index contributed by atoms with van der Waals surface area (Å²) in [5, 5.41) is 7.40. The molecule has 0 unspecified atom stereocenters. The highest BCUT2D eigenvalue weighted by molar-refractivity contribution is 9.10. The van der Waals surface area contributed by atoms with E-state index >= 15 is 0 Å². The smallest absolute Gasteiger partial charge is 0.269 e. The van der Waals surface area contributed by atoms with Gasteiger partial charge in [0.2, 0.25) is 5.71 Å². The molecule has 6 nitrogen and oxygen atoms in total. The van der Waals surface area contributed by atoms with Gasteiger partial charge in [-0.3, -0.25) is 13.9 Å². The molecule has 2 aromatic heterocycles. The molecule has 0 aliphatic heterocycles. The highest BCUT2D eigenvalue weighted by atomic mass is 79.9.